The van der Waals surface area contributed by atoms with E-state index in [9.17, 15) is 4.39 Å². The maximum atomic E-state index is 13.2. The van der Waals surface area contributed by atoms with Gasteiger partial charge in [-0.15, -0.1) is 0 Å². The highest BCUT2D eigenvalue weighted by atomic mass is 19.1. The summed E-state index contributed by atoms with van der Waals surface area (Å²) in [7, 11) is 0. The van der Waals surface area contributed by atoms with Gasteiger partial charge in [-0.05, 0) is 49.9 Å². The van der Waals surface area contributed by atoms with Crippen LogP contribution in [0, 0.1) is 18.7 Å². The van der Waals surface area contributed by atoms with E-state index in [1.54, 1.807) is 12.1 Å². The van der Waals surface area contributed by atoms with Crippen molar-refractivity contribution in [1.82, 2.24) is 24.7 Å². The summed E-state index contributed by atoms with van der Waals surface area (Å²) in [5.41, 5.74) is 8.94. The highest BCUT2D eigenvalue weighted by Gasteiger charge is 2.24. The average Bonchev–Trinajstić information content (AvgIpc) is 3.32. The van der Waals surface area contributed by atoms with Crippen molar-refractivity contribution in [2.45, 2.75) is 26.3 Å². The summed E-state index contributed by atoms with van der Waals surface area (Å²) in [4.78, 5) is 11.9. The predicted octanol–water partition coefficient (Wildman–Crippen LogP) is 3.39. The lowest BCUT2D eigenvalue weighted by Gasteiger charge is -2.00. The number of H-pyrrole nitrogens is 1. The summed E-state index contributed by atoms with van der Waals surface area (Å²) in [5.74, 6) is 0.659. The van der Waals surface area contributed by atoms with Crippen molar-refractivity contribution in [3.8, 4) is 11.4 Å². The quantitative estimate of drug-likeness (QED) is 0.766. The third kappa shape index (κ3) is 3.31. The lowest BCUT2D eigenvalue weighted by atomic mass is 10.2. The number of nitrogens with zero attached hydrogens (tertiary/aromatic N) is 4. The second-order valence-corrected chi connectivity index (χ2v) is 6.41. The number of halogens is 1. The minimum absolute atomic E-state index is 0.375. The first kappa shape index (κ1) is 15.6. The molecule has 0 radical (unpaired) electrons. The number of hydrogen-bond donors (Lipinski definition) is 2. The van der Waals surface area contributed by atoms with Crippen LogP contribution in [0.2, 0.25) is 0 Å². The molecule has 1 saturated carbocycles. The monoisotopic (exact) mass is 338 g/mol. The number of anilines is 1. The SMILES string of the molecule is Cc1cc(N)nc2c(cc[nH]1)c(-c1ccc(F)cn1)nn2CC1CC1. The van der Waals surface area contributed by atoms with Crippen molar-refractivity contribution in [1.29, 1.82) is 0 Å². The summed E-state index contributed by atoms with van der Waals surface area (Å²) in [6.07, 6.45) is 5.43. The molecule has 0 aromatic carbocycles. The topological polar surface area (TPSA) is 85.4 Å². The Balaban J connectivity index is 2.00. The summed E-state index contributed by atoms with van der Waals surface area (Å²) in [6, 6.07) is 6.70. The van der Waals surface area contributed by atoms with Crippen molar-refractivity contribution in [3.63, 3.8) is 0 Å². The van der Waals surface area contributed by atoms with Crippen molar-refractivity contribution in [2.24, 2.45) is 5.92 Å². The van der Waals surface area contributed by atoms with Crippen LogP contribution in [0.5, 0.6) is 0 Å². The molecule has 3 aromatic heterocycles. The number of nitrogens with one attached hydrogen (secondary N) is 1. The Bertz CT molecular complexity index is 967. The molecule has 0 aliphatic heterocycles. The molecule has 25 heavy (non-hydrogen) atoms. The Morgan fingerprint density at radius 3 is 2.88 bits per heavy atom. The number of rotatable bonds is 3. The molecule has 0 unspecified atom stereocenters. The Hall–Kier alpha value is -2.96. The smallest absolute Gasteiger partial charge is 0.160 e. The molecule has 3 aromatic rings. The number of hydrogen-bond acceptors (Lipinski definition) is 4. The summed E-state index contributed by atoms with van der Waals surface area (Å²) in [6.45, 7) is 2.71. The van der Waals surface area contributed by atoms with Gasteiger partial charge in [-0.2, -0.15) is 5.10 Å². The number of aromatic nitrogens is 5. The van der Waals surface area contributed by atoms with Crippen LogP contribution in [-0.4, -0.2) is 24.7 Å². The highest BCUT2D eigenvalue weighted by Crippen LogP contribution is 2.33. The number of nitrogens with two attached hydrogens (primary N) is 1. The number of pyridine rings is 1. The Morgan fingerprint density at radius 1 is 1.32 bits per heavy atom. The average molecular weight is 338 g/mol. The second-order valence-electron chi connectivity index (χ2n) is 6.41. The lowest BCUT2D eigenvalue weighted by molar-refractivity contribution is 0.577. The minimum Gasteiger partial charge on any atom is -0.384 e. The van der Waals surface area contributed by atoms with E-state index in [0.29, 0.717) is 28.8 Å². The van der Waals surface area contributed by atoms with Gasteiger partial charge in [0.15, 0.2) is 5.65 Å². The van der Waals surface area contributed by atoms with Crippen LogP contribution in [0.25, 0.3) is 22.4 Å². The van der Waals surface area contributed by atoms with Gasteiger partial charge in [0.25, 0.3) is 0 Å². The van der Waals surface area contributed by atoms with E-state index in [-0.39, 0.29) is 5.82 Å². The van der Waals surface area contributed by atoms with Crippen LogP contribution in [0.4, 0.5) is 10.2 Å². The molecular weight excluding hydrogens is 319 g/mol. The third-order valence-corrected chi connectivity index (χ3v) is 4.22. The minimum atomic E-state index is -0.375. The number of aromatic amines is 1. The maximum absolute atomic E-state index is 13.2. The molecule has 0 atom stereocenters. The van der Waals surface area contributed by atoms with Crippen LogP contribution in [0.1, 0.15) is 18.5 Å². The van der Waals surface area contributed by atoms with Gasteiger partial charge in [-0.1, -0.05) is 0 Å². The van der Waals surface area contributed by atoms with E-state index in [0.717, 1.165) is 17.6 Å². The molecule has 0 bridgehead atoms. The molecule has 0 spiro atoms. The van der Waals surface area contributed by atoms with Crippen LogP contribution >= 0.6 is 0 Å². The van der Waals surface area contributed by atoms with Gasteiger partial charge in [0.05, 0.1) is 17.3 Å². The van der Waals surface area contributed by atoms with Crippen molar-refractivity contribution >= 4 is 16.9 Å². The fourth-order valence-corrected chi connectivity index (χ4v) is 2.79. The second kappa shape index (κ2) is 6.16. The van der Waals surface area contributed by atoms with E-state index in [1.165, 1.54) is 25.1 Å². The van der Waals surface area contributed by atoms with Gasteiger partial charge >= 0.3 is 0 Å². The molecule has 1 aliphatic rings. The predicted molar refractivity (Wildman–Crippen MR) is 94.6 cm³/mol. The maximum Gasteiger partial charge on any atom is 0.160 e. The van der Waals surface area contributed by atoms with Gasteiger partial charge in [-0.25, -0.2) is 14.1 Å². The van der Waals surface area contributed by atoms with Crippen LogP contribution in [0.15, 0.2) is 36.7 Å². The molecule has 4 rings (SSSR count). The molecule has 6 nitrogen and oxygen atoms in total. The van der Waals surface area contributed by atoms with Gasteiger partial charge in [-0.3, -0.25) is 4.98 Å². The first-order valence-electron chi connectivity index (χ1n) is 8.28. The highest BCUT2D eigenvalue weighted by molar-refractivity contribution is 5.89. The van der Waals surface area contributed by atoms with E-state index >= 15 is 0 Å². The third-order valence-electron chi connectivity index (χ3n) is 4.22. The summed E-state index contributed by atoms with van der Waals surface area (Å²) in [5, 5.41) is 5.53. The molecule has 1 fully saturated rings. The van der Waals surface area contributed by atoms with E-state index < -0.39 is 0 Å². The normalized spacial score (nSPS) is 13.8. The molecule has 1 aliphatic carbocycles. The van der Waals surface area contributed by atoms with E-state index in [1.807, 2.05) is 23.9 Å². The molecule has 0 saturated heterocycles. The molecule has 128 valence electrons. The van der Waals surface area contributed by atoms with E-state index in [4.69, 9.17) is 10.8 Å². The largest absolute Gasteiger partial charge is 0.384 e. The number of fused-ring (bicyclic) bond motifs is 1. The molecular formula is C18H19FN6. The Morgan fingerprint density at radius 2 is 2.16 bits per heavy atom. The van der Waals surface area contributed by atoms with Gasteiger partial charge in [0.1, 0.15) is 17.3 Å². The molecule has 3 N–H and O–H groups in total. The van der Waals surface area contributed by atoms with E-state index in [2.05, 4.69) is 15.0 Å². The van der Waals surface area contributed by atoms with Crippen LogP contribution < -0.4 is 5.73 Å². The number of aryl methyl sites for hydroxylation is 1. The zero-order chi connectivity index (χ0) is 17.4. The molecule has 3 heterocycles. The van der Waals surface area contributed by atoms with Gasteiger partial charge < -0.3 is 10.7 Å². The standard InChI is InChI=1S/C18H19FN6/c1-11-8-16(20)23-18-14(6-7-21-11)17(15-5-4-13(19)9-22-15)24-25(18)10-12-2-3-12/h4-9,12,21H,2-3,10H2,1H3,(H2,20,23). The molecule has 0 amide bonds. The number of nitrogen functional groups attached to an aromatic ring is 1. The summed E-state index contributed by atoms with van der Waals surface area (Å²) >= 11 is 0. The first-order valence-corrected chi connectivity index (χ1v) is 8.28. The zero-order valence-corrected chi connectivity index (χ0v) is 13.9. The molecule has 7 heteroatoms. The van der Waals surface area contributed by atoms with Gasteiger partial charge in [0.2, 0.25) is 0 Å². The van der Waals surface area contributed by atoms with Crippen LogP contribution in [0.3, 0.4) is 0 Å². The summed E-state index contributed by atoms with van der Waals surface area (Å²) < 4.78 is 15.1. The van der Waals surface area contributed by atoms with Gasteiger partial charge in [0, 0.05) is 18.4 Å². The lowest BCUT2D eigenvalue weighted by Crippen LogP contribution is -2.03. The first-order chi connectivity index (χ1) is 12.1. The Kier molecular flexibility index (Phi) is 3.83. The fraction of sp³-hybridized carbons (Fsp3) is 0.278. The fourth-order valence-electron chi connectivity index (χ4n) is 2.79. The van der Waals surface area contributed by atoms with Crippen molar-refractivity contribution in [3.05, 3.63) is 48.2 Å². The van der Waals surface area contributed by atoms with Crippen LogP contribution in [-0.2, 0) is 6.54 Å². The van der Waals surface area contributed by atoms with Crippen molar-refractivity contribution in [2.75, 3.05) is 5.73 Å². The Labute approximate surface area is 144 Å². The zero-order valence-electron chi connectivity index (χ0n) is 13.9. The van der Waals surface area contributed by atoms with Crippen molar-refractivity contribution < 1.29 is 4.39 Å².